The molecule has 3 rings (SSSR count). The highest BCUT2D eigenvalue weighted by atomic mass is 32.2. The minimum absolute atomic E-state index is 0.163. The van der Waals surface area contributed by atoms with Crippen LogP contribution < -0.4 is 9.62 Å². The van der Waals surface area contributed by atoms with Crippen molar-refractivity contribution < 1.29 is 17.6 Å². The summed E-state index contributed by atoms with van der Waals surface area (Å²) in [6.45, 7) is 5.86. The van der Waals surface area contributed by atoms with Crippen molar-refractivity contribution in [3.05, 3.63) is 46.9 Å². The van der Waals surface area contributed by atoms with Crippen LogP contribution in [0.3, 0.4) is 0 Å². The molecular weight excluding hydrogens is 328 g/mol. The number of benzene rings is 1. The van der Waals surface area contributed by atoms with Crippen molar-refractivity contribution in [1.82, 2.24) is 0 Å². The number of nitrogens with zero attached hydrogens (tertiary/aromatic N) is 1. The summed E-state index contributed by atoms with van der Waals surface area (Å²) in [6.07, 6.45) is 0.616. The lowest BCUT2D eigenvalue weighted by Crippen LogP contribution is -2.25. The van der Waals surface area contributed by atoms with Gasteiger partial charge < -0.3 is 9.73 Å². The summed E-state index contributed by atoms with van der Waals surface area (Å²) < 4.78 is 30.9. The van der Waals surface area contributed by atoms with Gasteiger partial charge in [-0.2, -0.15) is 0 Å². The van der Waals surface area contributed by atoms with Crippen molar-refractivity contribution in [2.24, 2.45) is 0 Å². The van der Waals surface area contributed by atoms with Crippen LogP contribution in [0.1, 0.15) is 33.9 Å². The molecule has 0 saturated carbocycles. The monoisotopic (exact) mass is 348 g/mol. The number of rotatable bonds is 3. The topological polar surface area (TPSA) is 79.6 Å². The Morgan fingerprint density at radius 2 is 1.96 bits per heavy atom. The first-order chi connectivity index (χ1) is 11.3. The van der Waals surface area contributed by atoms with Gasteiger partial charge in [-0.15, -0.1) is 0 Å². The molecule has 0 bridgehead atoms. The Morgan fingerprint density at radius 1 is 1.21 bits per heavy atom. The molecule has 1 aliphatic heterocycles. The van der Waals surface area contributed by atoms with Crippen LogP contribution in [-0.2, 0) is 10.0 Å². The van der Waals surface area contributed by atoms with Gasteiger partial charge in [-0.05, 0) is 51.0 Å². The highest BCUT2D eigenvalue weighted by Gasteiger charge is 2.28. The molecule has 128 valence electrons. The van der Waals surface area contributed by atoms with Crippen molar-refractivity contribution in [3.8, 4) is 0 Å². The van der Waals surface area contributed by atoms with Gasteiger partial charge in [0, 0.05) is 12.2 Å². The molecule has 7 heteroatoms. The smallest absolute Gasteiger partial charge is 0.259 e. The van der Waals surface area contributed by atoms with Gasteiger partial charge in [-0.1, -0.05) is 6.07 Å². The van der Waals surface area contributed by atoms with E-state index in [0.717, 1.165) is 5.56 Å². The van der Waals surface area contributed by atoms with E-state index in [1.165, 1.54) is 4.31 Å². The minimum Gasteiger partial charge on any atom is -0.466 e. The highest BCUT2D eigenvalue weighted by molar-refractivity contribution is 7.93. The first-order valence-electron chi connectivity index (χ1n) is 7.77. The zero-order chi connectivity index (χ0) is 17.5. The molecule has 6 nitrogen and oxygen atoms in total. The number of carbonyl (C=O) groups is 1. The minimum atomic E-state index is -3.25. The number of hydrogen-bond donors (Lipinski definition) is 1. The summed E-state index contributed by atoms with van der Waals surface area (Å²) in [7, 11) is -3.25. The summed E-state index contributed by atoms with van der Waals surface area (Å²) in [4.78, 5) is 12.5. The maximum atomic E-state index is 12.5. The van der Waals surface area contributed by atoms with Gasteiger partial charge in [0.05, 0.1) is 17.0 Å². The van der Waals surface area contributed by atoms with E-state index in [0.29, 0.717) is 41.4 Å². The van der Waals surface area contributed by atoms with Crippen LogP contribution in [0.4, 0.5) is 11.4 Å². The van der Waals surface area contributed by atoms with Crippen LogP contribution in [-0.4, -0.2) is 26.6 Å². The molecule has 1 aliphatic rings. The second-order valence-corrected chi connectivity index (χ2v) is 8.03. The third-order valence-corrected chi connectivity index (χ3v) is 6.01. The quantitative estimate of drug-likeness (QED) is 0.925. The Balaban J connectivity index is 1.90. The van der Waals surface area contributed by atoms with Crippen LogP contribution >= 0.6 is 0 Å². The largest absolute Gasteiger partial charge is 0.466 e. The molecule has 1 N–H and O–H groups in total. The summed E-state index contributed by atoms with van der Waals surface area (Å²) >= 11 is 0. The van der Waals surface area contributed by atoms with Crippen LogP contribution in [0.25, 0.3) is 0 Å². The first kappa shape index (κ1) is 16.6. The fourth-order valence-electron chi connectivity index (χ4n) is 2.88. The summed E-state index contributed by atoms with van der Waals surface area (Å²) in [5, 5.41) is 2.85. The normalized spacial score (nSPS) is 16.4. The van der Waals surface area contributed by atoms with Gasteiger partial charge in [0.1, 0.15) is 11.5 Å². The number of carbonyl (C=O) groups excluding carboxylic acids is 1. The second-order valence-electron chi connectivity index (χ2n) is 6.02. The Morgan fingerprint density at radius 3 is 2.54 bits per heavy atom. The van der Waals surface area contributed by atoms with Gasteiger partial charge in [0.15, 0.2) is 0 Å². The molecule has 0 aliphatic carbocycles. The molecule has 2 heterocycles. The lowest BCUT2D eigenvalue weighted by atomic mass is 10.1. The van der Waals surface area contributed by atoms with Gasteiger partial charge in [0.25, 0.3) is 5.91 Å². The number of sulfonamides is 1. The molecule has 0 radical (unpaired) electrons. The van der Waals surface area contributed by atoms with Crippen molar-refractivity contribution in [3.63, 3.8) is 0 Å². The Kier molecular flexibility index (Phi) is 4.13. The number of amides is 1. The molecule has 0 unspecified atom stereocenters. The highest BCUT2D eigenvalue weighted by Crippen LogP contribution is 2.29. The molecule has 1 amide bonds. The van der Waals surface area contributed by atoms with Gasteiger partial charge >= 0.3 is 0 Å². The van der Waals surface area contributed by atoms with Crippen molar-refractivity contribution in [2.75, 3.05) is 21.9 Å². The third-order valence-electron chi connectivity index (χ3n) is 4.14. The van der Waals surface area contributed by atoms with E-state index in [-0.39, 0.29) is 11.7 Å². The van der Waals surface area contributed by atoms with Gasteiger partial charge in [0.2, 0.25) is 10.0 Å². The number of furan rings is 1. The Bertz CT molecular complexity index is 899. The number of anilines is 2. The molecule has 2 aromatic rings. The van der Waals surface area contributed by atoms with E-state index >= 15 is 0 Å². The maximum Gasteiger partial charge on any atom is 0.259 e. The molecule has 1 aromatic heterocycles. The van der Waals surface area contributed by atoms with Crippen LogP contribution in [0, 0.1) is 20.8 Å². The SMILES string of the molecule is Cc1cc(C(=O)Nc2cc(N3CCCS3(=O)=O)ccc2C)c(C)o1. The summed E-state index contributed by atoms with van der Waals surface area (Å²) in [6, 6.07) is 6.97. The molecule has 0 spiro atoms. The van der Waals surface area contributed by atoms with E-state index in [4.69, 9.17) is 4.42 Å². The zero-order valence-corrected chi connectivity index (χ0v) is 14.7. The standard InChI is InChI=1S/C17H20N2O4S/c1-11-5-6-14(19-7-4-8-24(19,21)22)10-16(11)18-17(20)15-9-12(2)23-13(15)3/h5-6,9-10H,4,7-8H2,1-3H3,(H,18,20). The maximum absolute atomic E-state index is 12.5. The first-order valence-corrected chi connectivity index (χ1v) is 9.38. The number of hydrogen-bond acceptors (Lipinski definition) is 4. The molecular formula is C17H20N2O4S. The van der Waals surface area contributed by atoms with E-state index in [2.05, 4.69) is 5.32 Å². The summed E-state index contributed by atoms with van der Waals surface area (Å²) in [5.41, 5.74) is 2.51. The Labute approximate surface area is 141 Å². The number of nitrogens with one attached hydrogen (secondary N) is 1. The average molecular weight is 348 g/mol. The average Bonchev–Trinajstić information content (AvgIpc) is 3.02. The van der Waals surface area contributed by atoms with Crippen molar-refractivity contribution >= 4 is 27.3 Å². The molecule has 1 fully saturated rings. The fourth-order valence-corrected chi connectivity index (χ4v) is 4.43. The van der Waals surface area contributed by atoms with E-state index in [1.54, 1.807) is 32.0 Å². The second kappa shape index (κ2) is 5.98. The van der Waals surface area contributed by atoms with Gasteiger partial charge in [-0.3, -0.25) is 9.10 Å². The molecule has 1 aromatic carbocycles. The van der Waals surface area contributed by atoms with E-state index < -0.39 is 10.0 Å². The third kappa shape index (κ3) is 3.03. The van der Waals surface area contributed by atoms with Gasteiger partial charge in [-0.25, -0.2) is 8.42 Å². The number of aryl methyl sites for hydroxylation is 3. The van der Waals surface area contributed by atoms with Crippen molar-refractivity contribution in [1.29, 1.82) is 0 Å². The van der Waals surface area contributed by atoms with Crippen LogP contribution in [0.5, 0.6) is 0 Å². The summed E-state index contributed by atoms with van der Waals surface area (Å²) in [5.74, 6) is 1.12. The Hall–Kier alpha value is -2.28. The van der Waals surface area contributed by atoms with Crippen LogP contribution in [0.2, 0.25) is 0 Å². The lowest BCUT2D eigenvalue weighted by molar-refractivity contribution is 0.102. The molecule has 1 saturated heterocycles. The predicted molar refractivity (Wildman–Crippen MR) is 93.1 cm³/mol. The molecule has 0 atom stereocenters. The van der Waals surface area contributed by atoms with Crippen LogP contribution in [0.15, 0.2) is 28.7 Å². The lowest BCUT2D eigenvalue weighted by Gasteiger charge is -2.19. The molecule has 24 heavy (non-hydrogen) atoms. The van der Waals surface area contributed by atoms with Crippen molar-refractivity contribution in [2.45, 2.75) is 27.2 Å². The van der Waals surface area contributed by atoms with E-state index in [9.17, 15) is 13.2 Å². The zero-order valence-electron chi connectivity index (χ0n) is 13.9. The van der Waals surface area contributed by atoms with E-state index in [1.807, 2.05) is 13.0 Å². The fraction of sp³-hybridized carbons (Fsp3) is 0.353. The predicted octanol–water partition coefficient (Wildman–Crippen LogP) is 3.00.